The van der Waals surface area contributed by atoms with Crippen molar-refractivity contribution in [1.82, 2.24) is 75.0 Å². The molecule has 2 fully saturated rings. The maximum Gasteiger partial charge on any atom is 0.250 e. The van der Waals surface area contributed by atoms with Gasteiger partial charge in [0, 0.05) is 135 Å². The Morgan fingerprint density at radius 1 is 0.526 bits per heavy atom. The van der Waals surface area contributed by atoms with Crippen molar-refractivity contribution in [3.63, 3.8) is 0 Å². The van der Waals surface area contributed by atoms with Crippen molar-refractivity contribution < 1.29 is 21.5 Å². The number of aliphatic hydroxyl groups excluding tert-OH is 1. The van der Waals surface area contributed by atoms with Crippen LogP contribution in [0, 0.1) is 25.2 Å². The second-order valence-electron chi connectivity index (χ2n) is 24.6. The number of aliphatic hydroxyl groups is 1. The molecule has 0 spiro atoms. The third-order valence-corrected chi connectivity index (χ3v) is 17.5. The fraction of sp³-hybridized carbons (Fsp3) is 0.270. The minimum Gasteiger partial charge on any atom is -0.396 e. The summed E-state index contributed by atoms with van der Waals surface area (Å²) >= 11 is 0. The van der Waals surface area contributed by atoms with Gasteiger partial charge in [0.05, 0.1) is 53.7 Å². The molecule has 2 saturated carbocycles. The van der Waals surface area contributed by atoms with Gasteiger partial charge in [-0.1, -0.05) is 88.3 Å². The molecule has 9 heterocycles. The van der Waals surface area contributed by atoms with Crippen molar-refractivity contribution in [2.75, 3.05) is 33.5 Å². The second kappa shape index (κ2) is 29.3. The number of aromatic nitrogens is 12. The van der Waals surface area contributed by atoms with E-state index in [9.17, 15) is 19.5 Å². The summed E-state index contributed by atoms with van der Waals surface area (Å²) in [7, 11) is 5.76. The summed E-state index contributed by atoms with van der Waals surface area (Å²) in [6, 6.07) is 40.1. The van der Waals surface area contributed by atoms with E-state index in [-0.39, 0.29) is 43.4 Å². The van der Waals surface area contributed by atoms with E-state index in [2.05, 4.69) is 82.5 Å². The predicted octanol–water partition coefficient (Wildman–Crippen LogP) is 11.5. The molecule has 0 saturated heterocycles. The Hall–Kier alpha value is -11.0. The van der Waals surface area contributed by atoms with Gasteiger partial charge in [-0.2, -0.15) is 0 Å². The number of hydrogen-bond acceptors (Lipinski definition) is 20. The zero-order chi connectivity index (χ0) is 67.7. The molecule has 0 amide bonds. The summed E-state index contributed by atoms with van der Waals surface area (Å²) in [6.07, 6.45) is 14.6. The van der Waals surface area contributed by atoms with Gasteiger partial charge in [-0.25, -0.2) is 19.9 Å². The Morgan fingerprint density at radius 3 is 1.32 bits per heavy atom. The first-order valence-electron chi connectivity index (χ1n) is 32.3. The van der Waals surface area contributed by atoms with Crippen LogP contribution in [0.2, 0.25) is 0 Å². The van der Waals surface area contributed by atoms with Crippen LogP contribution in [0.15, 0.2) is 193 Å². The molecular weight excluding hydrogens is 1220 g/mol. The Morgan fingerprint density at radius 2 is 0.907 bits per heavy atom. The van der Waals surface area contributed by atoms with Crippen molar-refractivity contribution in [3.8, 4) is 102 Å². The first-order chi connectivity index (χ1) is 47.1. The van der Waals surface area contributed by atoms with Crippen molar-refractivity contribution in [2.45, 2.75) is 92.1 Å². The minimum absolute atomic E-state index is 0. The van der Waals surface area contributed by atoms with Crippen molar-refractivity contribution >= 4 is 5.82 Å². The number of pyridine rings is 3. The van der Waals surface area contributed by atoms with Gasteiger partial charge in [-0.05, 0) is 115 Å². The van der Waals surface area contributed by atoms with E-state index in [1.165, 1.54) is 35.6 Å². The van der Waals surface area contributed by atoms with Crippen molar-refractivity contribution in [2.24, 2.45) is 11.3 Å². The highest BCUT2D eigenvalue weighted by Crippen LogP contribution is 2.46. The number of aryl methyl sites for hydroxylation is 3. The van der Waals surface area contributed by atoms with E-state index in [1.807, 2.05) is 113 Å². The molecule has 2 aliphatic rings. The largest absolute Gasteiger partial charge is 0.396 e. The summed E-state index contributed by atoms with van der Waals surface area (Å²) in [4.78, 5) is 64.2. The normalized spacial score (nSPS) is 13.3. The lowest BCUT2D eigenvalue weighted by Gasteiger charge is -2.15. The number of nitrogen functional groups attached to an aromatic ring is 1. The topological polar surface area (TPSA) is 304 Å². The number of anilines is 1. The molecule has 23 heteroatoms. The highest BCUT2D eigenvalue weighted by Gasteiger charge is 2.42. The maximum absolute atomic E-state index is 12.4. The quantitative estimate of drug-likeness (QED) is 0.0446. The predicted molar refractivity (Wildman–Crippen MR) is 376 cm³/mol. The fourth-order valence-electron chi connectivity index (χ4n) is 11.3. The molecule has 0 aliphatic heterocycles. The van der Waals surface area contributed by atoms with Gasteiger partial charge >= 0.3 is 0 Å². The van der Waals surface area contributed by atoms with E-state index in [0.717, 1.165) is 88.6 Å². The Balaban J connectivity index is 0.000000159. The van der Waals surface area contributed by atoms with Crippen LogP contribution in [0.1, 0.15) is 76.5 Å². The lowest BCUT2D eigenvalue weighted by Crippen LogP contribution is -2.25. The van der Waals surface area contributed by atoms with Gasteiger partial charge in [0.15, 0.2) is 28.8 Å². The Kier molecular flexibility index (Phi) is 20.0. The first kappa shape index (κ1) is 66.1. The number of rotatable bonds is 21. The SMILES string of the molecule is CCn1cc(-c2cnc(C)c(-c3cc(-c4ccc(CNC)cc4)no3)n2)ccc1=O.CNCc1ccc(-c2cc(-c3nc(-c4ccc(=O)n(C(C)C5CC5)c4)cnc3C)on2)cc1.CNCc1ccc(-c2cc(-c3nc(-c4ccc(=O)n(CC5(CO)CC5)c4)cnc3N)on2)cc1.[HH].[HH]. The first-order valence-corrected chi connectivity index (χ1v) is 32.3. The molecule has 0 bridgehead atoms. The van der Waals surface area contributed by atoms with Crippen LogP contribution in [-0.2, 0) is 32.7 Å². The second-order valence-corrected chi connectivity index (χ2v) is 24.6. The van der Waals surface area contributed by atoms with Crippen LogP contribution < -0.4 is 38.4 Å². The molecule has 1 atom stereocenters. The molecule has 0 radical (unpaired) electrons. The number of nitrogens with zero attached hydrogens (tertiary/aromatic N) is 12. The van der Waals surface area contributed by atoms with Crippen LogP contribution in [0.4, 0.5) is 5.82 Å². The van der Waals surface area contributed by atoms with Gasteiger partial charge in [-0.15, -0.1) is 0 Å². The highest BCUT2D eigenvalue weighted by molar-refractivity contribution is 5.74. The third-order valence-electron chi connectivity index (χ3n) is 17.5. The number of nitrogens with two attached hydrogens (primary N) is 1. The third kappa shape index (κ3) is 15.4. The number of nitrogens with one attached hydrogen (secondary N) is 3. The van der Waals surface area contributed by atoms with Crippen molar-refractivity contribution in [1.29, 1.82) is 0 Å². The van der Waals surface area contributed by atoms with Gasteiger partial charge in [0.25, 0.3) is 16.7 Å². The summed E-state index contributed by atoms with van der Waals surface area (Å²) in [6.45, 7) is 11.4. The number of hydrogen-bond donors (Lipinski definition) is 5. The molecule has 97 heavy (non-hydrogen) atoms. The van der Waals surface area contributed by atoms with E-state index in [0.29, 0.717) is 76.1 Å². The van der Waals surface area contributed by atoms with Gasteiger partial charge in [-0.3, -0.25) is 24.4 Å². The molecule has 6 N–H and O–H groups in total. The van der Waals surface area contributed by atoms with Crippen LogP contribution in [0.25, 0.3) is 102 Å². The van der Waals surface area contributed by atoms with E-state index in [4.69, 9.17) is 29.3 Å². The Bertz CT molecular complexity index is 4920. The standard InChI is InChI=1S/C26H27N5O2.C25H26N6O3.C23H23N5O2.2H2/c1-16-26(24-12-22(30-33-24)20-6-4-18(5-7-20)13-27-3)29-23(14-28-16)21-10-11-25(32)31(15-21)17(2)19-8-9-19;1-27-11-16-2-4-17(5-3-16)19-10-21(34-30-19)23-24(26)28-12-20(29-23)18-6-7-22(33)31(13-18)14-25(15-32)8-9-25;1-4-28-14-18(9-10-22(28)29)20-13-25-15(2)23(26-20)21-11-19(27-30-21)17-7-5-16(6-8-17)12-24-3;;/h4-7,10-12,14-15,17,19,27H,8-9,13H2,1-3H3;2-7,10,12-13,27,32H,8-9,11,14-15H2,1H3,(H2,26,28);5-11,13-14,24H,4,12H2,1-3H3;2*1H. The van der Waals surface area contributed by atoms with Crippen LogP contribution in [0.3, 0.4) is 0 Å². The lowest BCUT2D eigenvalue weighted by atomic mass is 10.1. The fourth-order valence-corrected chi connectivity index (χ4v) is 11.3. The van der Waals surface area contributed by atoms with Gasteiger partial charge in [0.1, 0.15) is 28.5 Å². The van der Waals surface area contributed by atoms with Crippen LogP contribution >= 0.6 is 0 Å². The van der Waals surface area contributed by atoms with E-state index < -0.39 is 0 Å². The minimum atomic E-state index is -0.193. The summed E-state index contributed by atoms with van der Waals surface area (Å²) in [5.41, 5.74) is 21.9. The molecular formula is C74H80N16O7. The zero-order valence-electron chi connectivity index (χ0n) is 55.2. The van der Waals surface area contributed by atoms with E-state index in [1.54, 1.807) is 76.5 Å². The van der Waals surface area contributed by atoms with Gasteiger partial charge in [0.2, 0.25) is 0 Å². The van der Waals surface area contributed by atoms with Crippen molar-refractivity contribution in [3.05, 3.63) is 224 Å². The molecule has 498 valence electrons. The average Bonchev–Trinajstić information content (AvgIpc) is 1.70. The summed E-state index contributed by atoms with van der Waals surface area (Å²) in [5, 5.41) is 31.7. The molecule has 9 aromatic heterocycles. The average molecular weight is 1310 g/mol. The van der Waals surface area contributed by atoms with Crippen LogP contribution in [-0.4, -0.2) is 91.9 Å². The molecule has 23 nitrogen and oxygen atoms in total. The highest BCUT2D eigenvalue weighted by atomic mass is 16.5. The smallest absolute Gasteiger partial charge is 0.250 e. The molecule has 12 aromatic rings. The molecule has 3 aromatic carbocycles. The number of benzene rings is 3. The van der Waals surface area contributed by atoms with Gasteiger partial charge < -0.3 is 54.1 Å². The maximum atomic E-state index is 12.4. The summed E-state index contributed by atoms with van der Waals surface area (Å²) < 4.78 is 21.9. The molecule has 14 rings (SSSR count). The molecule has 2 aliphatic carbocycles. The monoisotopic (exact) mass is 1300 g/mol. The summed E-state index contributed by atoms with van der Waals surface area (Å²) in [5.74, 6) is 2.33. The lowest BCUT2D eigenvalue weighted by molar-refractivity contribution is 0.193. The zero-order valence-corrected chi connectivity index (χ0v) is 55.2. The Labute approximate surface area is 562 Å². The van der Waals surface area contributed by atoms with Crippen LogP contribution in [0.5, 0.6) is 0 Å². The van der Waals surface area contributed by atoms with E-state index >= 15 is 0 Å². The molecule has 1 unspecified atom stereocenters.